The Morgan fingerprint density at radius 3 is 2.80 bits per heavy atom. The Bertz CT molecular complexity index is 118. The van der Waals surface area contributed by atoms with Crippen LogP contribution >= 0.6 is 0 Å². The second-order valence-electron chi connectivity index (χ2n) is 3.09. The summed E-state index contributed by atoms with van der Waals surface area (Å²) in [5.74, 6) is 0.924. The van der Waals surface area contributed by atoms with Crippen LogP contribution in [0.5, 0.6) is 0 Å². The first-order valence-corrected chi connectivity index (χ1v) is 4.40. The molecule has 10 heavy (non-hydrogen) atoms. The average Bonchev–Trinajstić information content (AvgIpc) is 2.68. The first-order chi connectivity index (χ1) is 4.88. The molecule has 0 radical (unpaired) electrons. The standard InChI is InChI=1S/C9H17N/c1-3-5-6-10-9-7-8(9)4-2/h6,8-9H,3-5,7H2,1-2H3. The number of aliphatic imine (C=N–C) groups is 1. The molecular formula is C9H17N. The lowest BCUT2D eigenvalue weighted by Gasteiger charge is -1.87. The third kappa shape index (κ3) is 2.13. The van der Waals surface area contributed by atoms with Crippen LogP contribution in [-0.2, 0) is 0 Å². The van der Waals surface area contributed by atoms with Crippen molar-refractivity contribution in [2.45, 2.75) is 45.6 Å². The van der Waals surface area contributed by atoms with E-state index in [-0.39, 0.29) is 0 Å². The second kappa shape index (κ2) is 3.75. The summed E-state index contributed by atoms with van der Waals surface area (Å²) >= 11 is 0. The molecule has 0 aromatic carbocycles. The number of rotatable bonds is 4. The molecule has 0 bridgehead atoms. The highest BCUT2D eigenvalue weighted by Crippen LogP contribution is 2.36. The van der Waals surface area contributed by atoms with Gasteiger partial charge in [-0.1, -0.05) is 26.7 Å². The molecule has 1 rings (SSSR count). The summed E-state index contributed by atoms with van der Waals surface area (Å²) < 4.78 is 0. The molecule has 58 valence electrons. The molecule has 2 unspecified atom stereocenters. The topological polar surface area (TPSA) is 12.4 Å². The lowest BCUT2D eigenvalue weighted by atomic mass is 10.3. The molecule has 2 atom stereocenters. The van der Waals surface area contributed by atoms with Crippen LogP contribution in [0.4, 0.5) is 0 Å². The normalized spacial score (nSPS) is 31.4. The van der Waals surface area contributed by atoms with Crippen LogP contribution in [0.25, 0.3) is 0 Å². The van der Waals surface area contributed by atoms with Crippen LogP contribution in [-0.4, -0.2) is 12.3 Å². The minimum atomic E-state index is 0.705. The summed E-state index contributed by atoms with van der Waals surface area (Å²) in [4.78, 5) is 4.45. The Morgan fingerprint density at radius 2 is 2.30 bits per heavy atom. The maximum Gasteiger partial charge on any atom is 0.0527 e. The van der Waals surface area contributed by atoms with E-state index in [0.29, 0.717) is 6.04 Å². The van der Waals surface area contributed by atoms with E-state index in [2.05, 4.69) is 25.1 Å². The van der Waals surface area contributed by atoms with Crippen molar-refractivity contribution in [2.75, 3.05) is 0 Å². The van der Waals surface area contributed by atoms with Crippen molar-refractivity contribution in [3.63, 3.8) is 0 Å². The van der Waals surface area contributed by atoms with Gasteiger partial charge in [0.25, 0.3) is 0 Å². The van der Waals surface area contributed by atoms with Crippen molar-refractivity contribution in [1.29, 1.82) is 0 Å². The third-order valence-electron chi connectivity index (χ3n) is 2.12. The lowest BCUT2D eigenvalue weighted by molar-refractivity contribution is 0.759. The van der Waals surface area contributed by atoms with Gasteiger partial charge in [-0.2, -0.15) is 0 Å². The fourth-order valence-corrected chi connectivity index (χ4v) is 1.19. The summed E-state index contributed by atoms with van der Waals surface area (Å²) in [5, 5.41) is 0. The molecule has 0 saturated heterocycles. The molecule has 1 aliphatic carbocycles. The summed E-state index contributed by atoms with van der Waals surface area (Å²) in [6.07, 6.45) is 7.14. The van der Waals surface area contributed by atoms with Crippen molar-refractivity contribution >= 4 is 6.21 Å². The maximum absolute atomic E-state index is 4.45. The second-order valence-corrected chi connectivity index (χ2v) is 3.09. The largest absolute Gasteiger partial charge is 0.294 e. The molecule has 1 heteroatoms. The molecule has 1 aliphatic rings. The van der Waals surface area contributed by atoms with Gasteiger partial charge in [-0.15, -0.1) is 0 Å². The maximum atomic E-state index is 4.45. The van der Waals surface area contributed by atoms with Gasteiger partial charge in [0.15, 0.2) is 0 Å². The molecule has 0 amide bonds. The van der Waals surface area contributed by atoms with Gasteiger partial charge >= 0.3 is 0 Å². The molecule has 0 aliphatic heterocycles. The SMILES string of the molecule is CCCC=NC1CC1CC. The zero-order chi connectivity index (χ0) is 7.40. The number of nitrogens with zero attached hydrogens (tertiary/aromatic N) is 1. The van der Waals surface area contributed by atoms with E-state index in [4.69, 9.17) is 0 Å². The summed E-state index contributed by atoms with van der Waals surface area (Å²) in [5.41, 5.74) is 0. The summed E-state index contributed by atoms with van der Waals surface area (Å²) in [7, 11) is 0. The first kappa shape index (κ1) is 7.77. The van der Waals surface area contributed by atoms with E-state index in [0.717, 1.165) is 12.3 Å². The molecule has 1 saturated carbocycles. The highest BCUT2D eigenvalue weighted by Gasteiger charge is 2.34. The van der Waals surface area contributed by atoms with Crippen LogP contribution in [0.3, 0.4) is 0 Å². The Balaban J connectivity index is 2.05. The average molecular weight is 139 g/mol. The van der Waals surface area contributed by atoms with Crippen molar-refractivity contribution in [1.82, 2.24) is 0 Å². The number of hydrogen-bond donors (Lipinski definition) is 0. The van der Waals surface area contributed by atoms with Crippen LogP contribution in [0, 0.1) is 5.92 Å². The number of hydrogen-bond acceptors (Lipinski definition) is 1. The highest BCUT2D eigenvalue weighted by atomic mass is 14.8. The molecular weight excluding hydrogens is 122 g/mol. The van der Waals surface area contributed by atoms with Crippen molar-refractivity contribution in [3.8, 4) is 0 Å². The van der Waals surface area contributed by atoms with Crippen molar-refractivity contribution in [2.24, 2.45) is 10.9 Å². The lowest BCUT2D eigenvalue weighted by Crippen LogP contribution is -1.83. The molecule has 1 nitrogen and oxygen atoms in total. The molecule has 0 heterocycles. The molecule has 0 aromatic rings. The van der Waals surface area contributed by atoms with Gasteiger partial charge in [0.2, 0.25) is 0 Å². The van der Waals surface area contributed by atoms with Gasteiger partial charge in [0, 0.05) is 0 Å². The molecule has 0 spiro atoms. The summed E-state index contributed by atoms with van der Waals surface area (Å²) in [6.45, 7) is 4.44. The van der Waals surface area contributed by atoms with E-state index < -0.39 is 0 Å². The molecule has 0 N–H and O–H groups in total. The van der Waals surface area contributed by atoms with Crippen molar-refractivity contribution in [3.05, 3.63) is 0 Å². The zero-order valence-corrected chi connectivity index (χ0v) is 7.01. The van der Waals surface area contributed by atoms with Crippen molar-refractivity contribution < 1.29 is 0 Å². The quantitative estimate of drug-likeness (QED) is 0.531. The van der Waals surface area contributed by atoms with Gasteiger partial charge in [-0.25, -0.2) is 0 Å². The highest BCUT2D eigenvalue weighted by molar-refractivity contribution is 5.57. The fourth-order valence-electron chi connectivity index (χ4n) is 1.19. The minimum Gasteiger partial charge on any atom is -0.294 e. The first-order valence-electron chi connectivity index (χ1n) is 4.40. The predicted molar refractivity (Wildman–Crippen MR) is 45.6 cm³/mol. The van der Waals surface area contributed by atoms with Crippen LogP contribution in [0.15, 0.2) is 4.99 Å². The van der Waals surface area contributed by atoms with Crippen LogP contribution in [0.2, 0.25) is 0 Å². The smallest absolute Gasteiger partial charge is 0.0527 e. The van der Waals surface area contributed by atoms with E-state index in [1.165, 1.54) is 19.3 Å². The number of unbranched alkanes of at least 4 members (excludes halogenated alkanes) is 1. The molecule has 0 aromatic heterocycles. The Labute approximate surface area is 63.5 Å². The zero-order valence-electron chi connectivity index (χ0n) is 7.01. The van der Waals surface area contributed by atoms with Gasteiger partial charge < -0.3 is 0 Å². The Kier molecular flexibility index (Phi) is 2.91. The van der Waals surface area contributed by atoms with E-state index in [1.54, 1.807) is 0 Å². The third-order valence-corrected chi connectivity index (χ3v) is 2.12. The van der Waals surface area contributed by atoms with E-state index in [1.807, 2.05) is 0 Å². The van der Waals surface area contributed by atoms with E-state index >= 15 is 0 Å². The minimum absolute atomic E-state index is 0.705. The predicted octanol–water partition coefficient (Wildman–Crippen LogP) is 2.66. The van der Waals surface area contributed by atoms with E-state index in [9.17, 15) is 0 Å². The van der Waals surface area contributed by atoms with Gasteiger partial charge in [-0.3, -0.25) is 4.99 Å². The van der Waals surface area contributed by atoms with Gasteiger partial charge in [-0.05, 0) is 25.0 Å². The Morgan fingerprint density at radius 1 is 1.50 bits per heavy atom. The fraction of sp³-hybridized carbons (Fsp3) is 0.889. The van der Waals surface area contributed by atoms with Gasteiger partial charge in [0.1, 0.15) is 0 Å². The van der Waals surface area contributed by atoms with Gasteiger partial charge in [0.05, 0.1) is 6.04 Å². The van der Waals surface area contributed by atoms with Crippen LogP contribution in [0.1, 0.15) is 39.5 Å². The van der Waals surface area contributed by atoms with Crippen LogP contribution < -0.4 is 0 Å². The monoisotopic (exact) mass is 139 g/mol. The molecule has 1 fully saturated rings. The summed E-state index contributed by atoms with van der Waals surface area (Å²) in [6, 6.07) is 0.705. The Hall–Kier alpha value is -0.330.